The fourth-order valence-electron chi connectivity index (χ4n) is 1.61. The monoisotopic (exact) mass is 329 g/mol. The van der Waals surface area contributed by atoms with Crippen LogP contribution in [0.3, 0.4) is 0 Å². The minimum atomic E-state index is -3.53. The number of hydrogen-bond donors (Lipinski definition) is 1. The van der Waals surface area contributed by atoms with Gasteiger partial charge in [0, 0.05) is 10.9 Å². The molecule has 21 heavy (non-hydrogen) atoms. The highest BCUT2D eigenvalue weighted by Gasteiger charge is 2.16. The van der Waals surface area contributed by atoms with Crippen LogP contribution < -0.4 is 4.72 Å². The van der Waals surface area contributed by atoms with Gasteiger partial charge in [-0.15, -0.1) is 10.2 Å². The van der Waals surface area contributed by atoms with Crippen LogP contribution in [0.5, 0.6) is 0 Å². The summed E-state index contributed by atoms with van der Waals surface area (Å²) in [6.45, 7) is 3.80. The van der Waals surface area contributed by atoms with Gasteiger partial charge in [0.25, 0.3) is 0 Å². The summed E-state index contributed by atoms with van der Waals surface area (Å²) in [5.41, 5.74) is 0.542. The lowest BCUT2D eigenvalue weighted by Crippen LogP contribution is -2.25. The van der Waals surface area contributed by atoms with Gasteiger partial charge in [-0.1, -0.05) is 43.6 Å². The van der Waals surface area contributed by atoms with E-state index >= 15 is 0 Å². The lowest BCUT2D eigenvalue weighted by Gasteiger charge is -2.06. The fraction of sp³-hybridized carbons (Fsp3) is 0.385. The minimum Gasteiger partial charge on any atom is -0.424 e. The highest BCUT2D eigenvalue weighted by molar-refractivity contribution is 7.88. The first kappa shape index (κ1) is 15.9. The van der Waals surface area contributed by atoms with Crippen molar-refractivity contribution in [2.75, 3.05) is 0 Å². The summed E-state index contributed by atoms with van der Waals surface area (Å²) in [5.74, 6) is 0.625. The third kappa shape index (κ3) is 4.52. The molecule has 0 saturated carbocycles. The number of halogens is 1. The van der Waals surface area contributed by atoms with E-state index < -0.39 is 10.0 Å². The molecule has 114 valence electrons. The average molecular weight is 330 g/mol. The third-order valence-electron chi connectivity index (χ3n) is 2.72. The summed E-state index contributed by atoms with van der Waals surface area (Å²) in [5, 5.41) is 8.06. The van der Waals surface area contributed by atoms with Gasteiger partial charge in [-0.2, -0.15) is 0 Å². The van der Waals surface area contributed by atoms with E-state index in [2.05, 4.69) is 14.9 Å². The molecule has 0 saturated heterocycles. The normalized spacial score (nSPS) is 12.0. The zero-order valence-electron chi connectivity index (χ0n) is 11.7. The molecule has 0 unspecified atom stereocenters. The van der Waals surface area contributed by atoms with Crippen molar-refractivity contribution in [3.63, 3.8) is 0 Å². The fourth-order valence-corrected chi connectivity index (χ4v) is 3.00. The Kier molecular flexibility index (Phi) is 4.97. The lowest BCUT2D eigenvalue weighted by molar-refractivity contribution is 0.427. The Labute approximate surface area is 128 Å². The second kappa shape index (κ2) is 6.55. The predicted molar refractivity (Wildman–Crippen MR) is 79.3 cm³/mol. The Morgan fingerprint density at radius 1 is 1.29 bits per heavy atom. The molecule has 0 aliphatic carbocycles. The quantitative estimate of drug-likeness (QED) is 0.880. The number of nitrogens with one attached hydrogen (secondary N) is 1. The maximum absolute atomic E-state index is 12.0. The van der Waals surface area contributed by atoms with E-state index in [0.717, 1.165) is 0 Å². The number of rotatable bonds is 6. The summed E-state index contributed by atoms with van der Waals surface area (Å²) in [6, 6.07) is 6.81. The summed E-state index contributed by atoms with van der Waals surface area (Å²) in [4.78, 5) is 0. The zero-order valence-corrected chi connectivity index (χ0v) is 13.3. The summed E-state index contributed by atoms with van der Waals surface area (Å²) in [6.07, 6.45) is 0. The molecule has 2 aromatic rings. The molecule has 0 aliphatic rings. The molecular formula is C13H16ClN3O3S. The molecule has 0 spiro atoms. The van der Waals surface area contributed by atoms with Gasteiger partial charge in [0.05, 0.1) is 12.3 Å². The molecule has 0 aliphatic heterocycles. The van der Waals surface area contributed by atoms with Crippen LogP contribution in [0.2, 0.25) is 5.02 Å². The van der Waals surface area contributed by atoms with Crippen molar-refractivity contribution in [1.29, 1.82) is 0 Å². The molecule has 1 N–H and O–H groups in total. The average Bonchev–Trinajstić information content (AvgIpc) is 2.88. The molecule has 0 amide bonds. The lowest BCUT2D eigenvalue weighted by atomic mass is 10.2. The van der Waals surface area contributed by atoms with Gasteiger partial charge in [-0.25, -0.2) is 13.1 Å². The van der Waals surface area contributed by atoms with Crippen molar-refractivity contribution < 1.29 is 12.8 Å². The maximum Gasteiger partial charge on any atom is 0.231 e. The first-order chi connectivity index (χ1) is 9.87. The standard InChI is InChI=1S/C13H16ClN3O3S/c1-9(2)13-17-16-12(20-13)7-15-21(18,19)8-10-5-3-4-6-11(10)14/h3-6,9,15H,7-8H2,1-2H3. The first-order valence-corrected chi connectivity index (χ1v) is 8.43. The zero-order chi connectivity index (χ0) is 15.5. The Hall–Kier alpha value is -1.44. The number of benzene rings is 1. The van der Waals surface area contributed by atoms with E-state index in [-0.39, 0.29) is 24.1 Å². The van der Waals surface area contributed by atoms with Crippen molar-refractivity contribution in [1.82, 2.24) is 14.9 Å². The second-order valence-corrected chi connectivity index (χ2v) is 7.07. The van der Waals surface area contributed by atoms with Crippen LogP contribution >= 0.6 is 11.6 Å². The maximum atomic E-state index is 12.0. The van der Waals surface area contributed by atoms with Crippen LogP contribution in [-0.2, 0) is 22.3 Å². The largest absolute Gasteiger partial charge is 0.424 e. The number of sulfonamides is 1. The molecule has 0 fully saturated rings. The van der Waals surface area contributed by atoms with E-state index in [4.69, 9.17) is 16.0 Å². The van der Waals surface area contributed by atoms with Crippen LogP contribution in [0.25, 0.3) is 0 Å². The Balaban J connectivity index is 1.99. The third-order valence-corrected chi connectivity index (χ3v) is 4.37. The molecule has 1 aromatic carbocycles. The van der Waals surface area contributed by atoms with E-state index in [1.165, 1.54) is 0 Å². The van der Waals surface area contributed by atoms with Gasteiger partial charge >= 0.3 is 0 Å². The SMILES string of the molecule is CC(C)c1nnc(CNS(=O)(=O)Cc2ccccc2Cl)o1. The van der Waals surface area contributed by atoms with Crippen LogP contribution in [0, 0.1) is 0 Å². The van der Waals surface area contributed by atoms with Crippen molar-refractivity contribution in [2.24, 2.45) is 0 Å². The Bertz CT molecular complexity index is 713. The van der Waals surface area contributed by atoms with Crippen LogP contribution in [0.15, 0.2) is 28.7 Å². The minimum absolute atomic E-state index is 0.0352. The highest BCUT2D eigenvalue weighted by atomic mass is 35.5. The molecule has 2 rings (SSSR count). The van der Waals surface area contributed by atoms with Gasteiger partial charge < -0.3 is 4.42 Å². The Morgan fingerprint density at radius 2 is 2.00 bits per heavy atom. The highest BCUT2D eigenvalue weighted by Crippen LogP contribution is 2.17. The predicted octanol–water partition coefficient (Wildman–Crippen LogP) is 2.47. The van der Waals surface area contributed by atoms with Crippen LogP contribution in [-0.4, -0.2) is 18.6 Å². The number of nitrogens with zero attached hydrogens (tertiary/aromatic N) is 2. The van der Waals surface area contributed by atoms with Crippen molar-refractivity contribution in [3.05, 3.63) is 46.6 Å². The van der Waals surface area contributed by atoms with Gasteiger partial charge in [-0.3, -0.25) is 0 Å². The summed E-state index contributed by atoms with van der Waals surface area (Å²) >= 11 is 5.95. The first-order valence-electron chi connectivity index (χ1n) is 6.40. The van der Waals surface area contributed by atoms with Gasteiger partial charge in [0.15, 0.2) is 0 Å². The van der Waals surface area contributed by atoms with Gasteiger partial charge in [-0.05, 0) is 11.6 Å². The van der Waals surface area contributed by atoms with Gasteiger partial charge in [0.2, 0.25) is 21.8 Å². The molecule has 1 aromatic heterocycles. The van der Waals surface area contributed by atoms with Gasteiger partial charge in [0.1, 0.15) is 0 Å². The summed E-state index contributed by atoms with van der Waals surface area (Å²) < 4.78 is 31.8. The second-order valence-electron chi connectivity index (χ2n) is 4.86. The molecule has 0 bridgehead atoms. The van der Waals surface area contributed by atoms with Crippen LogP contribution in [0.4, 0.5) is 0 Å². The van der Waals surface area contributed by atoms with Crippen molar-refractivity contribution in [2.45, 2.75) is 32.1 Å². The molecule has 0 atom stereocenters. The van der Waals surface area contributed by atoms with Crippen molar-refractivity contribution >= 4 is 21.6 Å². The number of hydrogen-bond acceptors (Lipinski definition) is 5. The Morgan fingerprint density at radius 3 is 2.62 bits per heavy atom. The molecule has 1 heterocycles. The van der Waals surface area contributed by atoms with Crippen molar-refractivity contribution in [3.8, 4) is 0 Å². The topological polar surface area (TPSA) is 85.1 Å². The summed E-state index contributed by atoms with van der Waals surface area (Å²) in [7, 11) is -3.53. The molecular weight excluding hydrogens is 314 g/mol. The van der Waals surface area contributed by atoms with Crippen LogP contribution in [0.1, 0.15) is 37.1 Å². The van der Waals surface area contributed by atoms with E-state index in [0.29, 0.717) is 16.5 Å². The van der Waals surface area contributed by atoms with E-state index in [1.54, 1.807) is 24.3 Å². The van der Waals surface area contributed by atoms with E-state index in [1.807, 2.05) is 13.8 Å². The molecule has 6 nitrogen and oxygen atoms in total. The number of aromatic nitrogens is 2. The smallest absolute Gasteiger partial charge is 0.231 e. The molecule has 8 heteroatoms. The van der Waals surface area contributed by atoms with E-state index in [9.17, 15) is 8.42 Å². The molecule has 0 radical (unpaired) electrons.